The second kappa shape index (κ2) is 13.1. The van der Waals surface area contributed by atoms with Crippen molar-refractivity contribution in [3.8, 4) is 29.6 Å². The molecular formula is C30H28Br2N2O6S. The molecule has 0 amide bonds. The van der Waals surface area contributed by atoms with E-state index in [4.69, 9.17) is 25.4 Å². The molecule has 0 bridgehead atoms. The largest absolute Gasteiger partial charge is 0.493 e. The van der Waals surface area contributed by atoms with Crippen LogP contribution in [0.2, 0.25) is 0 Å². The molecule has 11 heteroatoms. The molecule has 214 valence electrons. The number of rotatable bonds is 9. The number of halogens is 2. The van der Waals surface area contributed by atoms with Gasteiger partial charge in [-0.05, 0) is 79.5 Å². The highest BCUT2D eigenvalue weighted by atomic mass is 79.9. The minimum atomic E-state index is -0.805. The number of methoxy groups -OCH3 is 1. The second-order valence-electron chi connectivity index (χ2n) is 9.18. The molecular weight excluding hydrogens is 676 g/mol. The number of nitrogens with zero attached hydrogens (tertiary/aromatic N) is 2. The fourth-order valence-electron chi connectivity index (χ4n) is 4.41. The van der Waals surface area contributed by atoms with Crippen LogP contribution in [-0.4, -0.2) is 37.0 Å². The van der Waals surface area contributed by atoms with Crippen LogP contribution in [-0.2, 0) is 9.53 Å². The Morgan fingerprint density at radius 1 is 1.24 bits per heavy atom. The molecule has 4 rings (SSSR count). The van der Waals surface area contributed by atoms with Gasteiger partial charge in [-0.1, -0.05) is 39.3 Å². The van der Waals surface area contributed by atoms with E-state index in [-0.39, 0.29) is 30.5 Å². The number of hydrogen-bond acceptors (Lipinski definition) is 8. The highest BCUT2D eigenvalue weighted by molar-refractivity contribution is 9.11. The molecule has 1 aromatic heterocycles. The van der Waals surface area contributed by atoms with E-state index in [9.17, 15) is 9.59 Å². The molecule has 1 atom stereocenters. The van der Waals surface area contributed by atoms with Crippen molar-refractivity contribution in [3.05, 3.63) is 81.4 Å². The van der Waals surface area contributed by atoms with Crippen molar-refractivity contribution < 1.29 is 23.7 Å². The lowest BCUT2D eigenvalue weighted by Crippen LogP contribution is -2.40. The van der Waals surface area contributed by atoms with E-state index < -0.39 is 12.0 Å². The van der Waals surface area contributed by atoms with Gasteiger partial charge in [-0.3, -0.25) is 9.36 Å². The number of thiazole rings is 1. The van der Waals surface area contributed by atoms with Crippen LogP contribution < -0.4 is 29.1 Å². The Balaban J connectivity index is 1.97. The smallest absolute Gasteiger partial charge is 0.338 e. The van der Waals surface area contributed by atoms with E-state index in [1.807, 2.05) is 32.0 Å². The summed E-state index contributed by atoms with van der Waals surface area (Å²) in [6, 6.07) is 8.22. The fraction of sp³-hybridized carbons (Fsp3) is 0.300. The first kappa shape index (κ1) is 30.6. The maximum Gasteiger partial charge on any atom is 0.338 e. The third-order valence-electron chi connectivity index (χ3n) is 6.01. The minimum absolute atomic E-state index is 0.0583. The first-order valence-corrected chi connectivity index (χ1v) is 15.1. The van der Waals surface area contributed by atoms with Gasteiger partial charge in [0.2, 0.25) is 0 Å². The number of benzene rings is 2. The highest BCUT2D eigenvalue weighted by Gasteiger charge is 2.34. The number of hydrogen-bond donors (Lipinski definition) is 0. The lowest BCUT2D eigenvalue weighted by Gasteiger charge is -2.25. The zero-order valence-corrected chi connectivity index (χ0v) is 27.1. The van der Waals surface area contributed by atoms with Gasteiger partial charge in [0.05, 0.1) is 46.1 Å². The van der Waals surface area contributed by atoms with Crippen molar-refractivity contribution >= 4 is 55.2 Å². The Bertz CT molecular complexity index is 1750. The summed E-state index contributed by atoms with van der Waals surface area (Å²) in [7, 11) is 1.54. The van der Waals surface area contributed by atoms with Crippen molar-refractivity contribution in [1.82, 2.24) is 4.57 Å². The zero-order valence-electron chi connectivity index (χ0n) is 23.1. The molecule has 0 radical (unpaired) electrons. The van der Waals surface area contributed by atoms with Gasteiger partial charge < -0.3 is 18.9 Å². The Kier molecular flexibility index (Phi) is 9.79. The predicted molar refractivity (Wildman–Crippen MR) is 165 cm³/mol. The van der Waals surface area contributed by atoms with Crippen molar-refractivity contribution in [2.75, 3.05) is 20.3 Å². The van der Waals surface area contributed by atoms with Gasteiger partial charge in [-0.15, -0.1) is 6.42 Å². The van der Waals surface area contributed by atoms with Crippen LogP contribution in [0.3, 0.4) is 0 Å². The molecule has 41 heavy (non-hydrogen) atoms. The second-order valence-corrected chi connectivity index (χ2v) is 12.0. The molecule has 3 aromatic rings. The average molecular weight is 704 g/mol. The molecule has 1 aliphatic rings. The molecule has 0 spiro atoms. The van der Waals surface area contributed by atoms with Gasteiger partial charge in [-0.25, -0.2) is 9.79 Å². The third kappa shape index (κ3) is 6.45. The zero-order chi connectivity index (χ0) is 29.8. The predicted octanol–water partition coefficient (Wildman–Crippen LogP) is 5.13. The fourth-order valence-corrected chi connectivity index (χ4v) is 6.82. The summed E-state index contributed by atoms with van der Waals surface area (Å²) < 4.78 is 26.0. The maximum atomic E-state index is 14.1. The van der Waals surface area contributed by atoms with Crippen molar-refractivity contribution in [3.63, 3.8) is 0 Å². The Morgan fingerprint density at radius 2 is 2.00 bits per heavy atom. The van der Waals surface area contributed by atoms with Crippen LogP contribution in [0.15, 0.2) is 60.3 Å². The number of fused-ring (bicyclic) bond motifs is 1. The normalized spacial score (nSPS) is 14.8. The van der Waals surface area contributed by atoms with Crippen LogP contribution in [0.25, 0.3) is 6.08 Å². The van der Waals surface area contributed by atoms with Crippen LogP contribution in [0.5, 0.6) is 17.2 Å². The number of esters is 1. The van der Waals surface area contributed by atoms with Gasteiger partial charge in [0.15, 0.2) is 16.3 Å². The monoisotopic (exact) mass is 702 g/mol. The number of ether oxygens (including phenoxy) is 4. The summed E-state index contributed by atoms with van der Waals surface area (Å²) in [4.78, 5) is 32.4. The summed E-state index contributed by atoms with van der Waals surface area (Å²) in [6.45, 7) is 7.54. The van der Waals surface area contributed by atoms with Crippen LogP contribution >= 0.6 is 43.2 Å². The average Bonchev–Trinajstić information content (AvgIpc) is 3.21. The van der Waals surface area contributed by atoms with E-state index >= 15 is 0 Å². The number of carbonyl (C=O) groups is 1. The third-order valence-corrected chi connectivity index (χ3v) is 8.04. The highest BCUT2D eigenvalue weighted by Crippen LogP contribution is 2.37. The lowest BCUT2D eigenvalue weighted by molar-refractivity contribution is -0.139. The van der Waals surface area contributed by atoms with E-state index in [1.54, 1.807) is 39.2 Å². The minimum Gasteiger partial charge on any atom is -0.493 e. The van der Waals surface area contributed by atoms with E-state index in [0.717, 1.165) is 4.47 Å². The molecule has 8 nitrogen and oxygen atoms in total. The van der Waals surface area contributed by atoms with Gasteiger partial charge in [0.1, 0.15) is 12.4 Å². The van der Waals surface area contributed by atoms with Crippen molar-refractivity contribution in [2.45, 2.75) is 39.8 Å². The summed E-state index contributed by atoms with van der Waals surface area (Å²) in [5, 5.41) is 0. The summed E-state index contributed by atoms with van der Waals surface area (Å²) >= 11 is 8.23. The quantitative estimate of drug-likeness (QED) is 0.227. The van der Waals surface area contributed by atoms with Crippen LogP contribution in [0.4, 0.5) is 0 Å². The Labute approximate surface area is 258 Å². The topological polar surface area (TPSA) is 88.3 Å². The van der Waals surface area contributed by atoms with Crippen LogP contribution in [0, 0.1) is 12.3 Å². The Hall–Kier alpha value is -3.33. The number of aromatic nitrogens is 1. The molecule has 0 saturated carbocycles. The summed E-state index contributed by atoms with van der Waals surface area (Å²) in [5.41, 5.74) is 1.70. The first-order chi connectivity index (χ1) is 19.6. The molecule has 0 aliphatic carbocycles. The summed E-state index contributed by atoms with van der Waals surface area (Å²) in [6.07, 6.45) is 7.07. The van der Waals surface area contributed by atoms with Gasteiger partial charge in [0.25, 0.3) is 5.56 Å². The van der Waals surface area contributed by atoms with E-state index in [1.165, 1.54) is 15.9 Å². The molecule has 0 N–H and O–H groups in total. The molecule has 0 saturated heterocycles. The van der Waals surface area contributed by atoms with Gasteiger partial charge >= 0.3 is 5.97 Å². The standard InChI is InChI=1S/C30H28Br2N2O6S/c1-7-11-39-27-19(12-20(31)15-21(27)32)14-24-28(35)34-26(18-9-10-22(40-16(3)4)23(13-18)37-6)25(29(36)38-8-2)17(5)33-30(34)41-24/h1,9-10,12-16,26H,8,11H2,2-6H3/b24-14+/t26-/m0/s1. The first-order valence-electron chi connectivity index (χ1n) is 12.7. The van der Waals surface area contributed by atoms with Gasteiger partial charge in [0, 0.05) is 10.0 Å². The molecule has 0 unspecified atom stereocenters. The molecule has 2 aromatic carbocycles. The summed E-state index contributed by atoms with van der Waals surface area (Å²) in [5.74, 6) is 3.45. The lowest BCUT2D eigenvalue weighted by atomic mass is 9.95. The van der Waals surface area contributed by atoms with E-state index in [2.05, 4.69) is 42.8 Å². The van der Waals surface area contributed by atoms with Crippen molar-refractivity contribution in [1.29, 1.82) is 0 Å². The Morgan fingerprint density at radius 3 is 2.66 bits per heavy atom. The number of allylic oxidation sites excluding steroid dienone is 1. The number of terminal acetylenes is 1. The molecule has 2 heterocycles. The maximum absolute atomic E-state index is 14.1. The van der Waals surface area contributed by atoms with Crippen LogP contribution in [0.1, 0.15) is 44.9 Å². The molecule has 0 fully saturated rings. The van der Waals surface area contributed by atoms with Gasteiger partial charge in [-0.2, -0.15) is 0 Å². The molecule has 1 aliphatic heterocycles. The van der Waals surface area contributed by atoms with E-state index in [0.29, 0.717) is 47.9 Å². The number of carbonyl (C=O) groups excluding carboxylic acids is 1. The SMILES string of the molecule is C#CCOc1c(Br)cc(Br)cc1/C=c1/sc2n(c1=O)[C@@H](c1ccc(OC(C)C)c(OC)c1)C(C(=O)OCC)=C(C)N=2. The van der Waals surface area contributed by atoms with Crippen molar-refractivity contribution in [2.24, 2.45) is 4.99 Å².